The lowest BCUT2D eigenvalue weighted by Crippen LogP contribution is -1.92. The van der Waals surface area contributed by atoms with Crippen LogP contribution in [-0.2, 0) is 0 Å². The van der Waals surface area contributed by atoms with E-state index in [9.17, 15) is 0 Å². The van der Waals surface area contributed by atoms with Gasteiger partial charge in [0.25, 0.3) is 0 Å². The fourth-order valence-electron chi connectivity index (χ4n) is 1.66. The minimum atomic E-state index is 0.616. The van der Waals surface area contributed by atoms with Gasteiger partial charge >= 0.3 is 0 Å². The van der Waals surface area contributed by atoms with Crippen molar-refractivity contribution in [2.75, 3.05) is 6.61 Å². The molecule has 2 aromatic rings. The molecule has 0 saturated carbocycles. The molecule has 0 spiro atoms. The van der Waals surface area contributed by atoms with Crippen LogP contribution in [0.3, 0.4) is 0 Å². The number of terminal acetylenes is 1. The quantitative estimate of drug-likeness (QED) is 0.745. The van der Waals surface area contributed by atoms with Crippen LogP contribution in [0.25, 0.3) is 11.3 Å². The van der Waals surface area contributed by atoms with Gasteiger partial charge in [0.1, 0.15) is 17.3 Å². The first-order chi connectivity index (χ1) is 8.22. The fraction of sp³-hybridized carbons (Fsp3) is 0.200. The molecule has 1 heterocycles. The molecule has 1 aromatic heterocycles. The van der Waals surface area contributed by atoms with Gasteiger partial charge in [-0.2, -0.15) is 0 Å². The lowest BCUT2D eigenvalue weighted by Gasteiger charge is -2.06. The molecule has 2 heteroatoms. The second kappa shape index (κ2) is 4.80. The predicted molar refractivity (Wildman–Crippen MR) is 68.0 cm³/mol. The number of rotatable bonds is 3. The van der Waals surface area contributed by atoms with Crippen LogP contribution in [0.15, 0.2) is 34.7 Å². The summed E-state index contributed by atoms with van der Waals surface area (Å²) < 4.78 is 11.1. The van der Waals surface area contributed by atoms with Gasteiger partial charge in [-0.1, -0.05) is 5.92 Å². The standard InChI is InChI=1S/C15H14O2/c1-4-12-8-13(10-14(9-12)16-5-2)15-7-6-11(3)17-15/h1,6-10H,5H2,2-3H3. The van der Waals surface area contributed by atoms with Crippen molar-refractivity contribution in [1.29, 1.82) is 0 Å². The third-order valence-corrected chi connectivity index (χ3v) is 2.41. The Labute approximate surface area is 101 Å². The largest absolute Gasteiger partial charge is 0.494 e. The number of ether oxygens (including phenoxy) is 1. The smallest absolute Gasteiger partial charge is 0.134 e. The number of hydrogen-bond donors (Lipinski definition) is 0. The highest BCUT2D eigenvalue weighted by atomic mass is 16.5. The van der Waals surface area contributed by atoms with Crippen LogP contribution in [0.4, 0.5) is 0 Å². The molecule has 0 aliphatic heterocycles. The molecule has 17 heavy (non-hydrogen) atoms. The van der Waals surface area contributed by atoms with E-state index in [0.29, 0.717) is 6.61 Å². The zero-order valence-electron chi connectivity index (χ0n) is 9.99. The number of benzene rings is 1. The molecule has 0 aliphatic carbocycles. The summed E-state index contributed by atoms with van der Waals surface area (Å²) in [6, 6.07) is 9.56. The lowest BCUT2D eigenvalue weighted by atomic mass is 10.1. The molecule has 0 saturated heterocycles. The van der Waals surface area contributed by atoms with Gasteiger partial charge in [-0.3, -0.25) is 0 Å². The Hall–Kier alpha value is -2.14. The van der Waals surface area contributed by atoms with Crippen molar-refractivity contribution in [3.05, 3.63) is 41.7 Å². The van der Waals surface area contributed by atoms with Gasteiger partial charge in [0.2, 0.25) is 0 Å². The maximum Gasteiger partial charge on any atom is 0.134 e. The van der Waals surface area contributed by atoms with Crippen LogP contribution in [0.2, 0.25) is 0 Å². The van der Waals surface area contributed by atoms with E-state index in [2.05, 4.69) is 5.92 Å². The average Bonchev–Trinajstić information content (AvgIpc) is 2.76. The van der Waals surface area contributed by atoms with Crippen LogP contribution >= 0.6 is 0 Å². The SMILES string of the molecule is C#Cc1cc(OCC)cc(-c2ccc(C)o2)c1. The Balaban J connectivity index is 2.46. The van der Waals surface area contributed by atoms with Crippen LogP contribution in [0, 0.1) is 19.3 Å². The van der Waals surface area contributed by atoms with E-state index in [-0.39, 0.29) is 0 Å². The number of aryl methyl sites for hydroxylation is 1. The molecule has 0 atom stereocenters. The Bertz CT molecular complexity index is 559. The average molecular weight is 226 g/mol. The maximum absolute atomic E-state index is 5.58. The first-order valence-electron chi connectivity index (χ1n) is 5.54. The van der Waals surface area contributed by atoms with E-state index in [1.54, 1.807) is 0 Å². The van der Waals surface area contributed by atoms with Crippen molar-refractivity contribution in [1.82, 2.24) is 0 Å². The minimum Gasteiger partial charge on any atom is -0.494 e. The Kier molecular flexibility index (Phi) is 3.20. The van der Waals surface area contributed by atoms with E-state index < -0.39 is 0 Å². The molecule has 0 bridgehead atoms. The summed E-state index contributed by atoms with van der Waals surface area (Å²) >= 11 is 0. The summed E-state index contributed by atoms with van der Waals surface area (Å²) in [5.41, 5.74) is 1.73. The molecule has 0 aliphatic rings. The summed E-state index contributed by atoms with van der Waals surface area (Å²) in [5.74, 6) is 5.08. The highest BCUT2D eigenvalue weighted by Crippen LogP contribution is 2.27. The minimum absolute atomic E-state index is 0.616. The number of hydrogen-bond acceptors (Lipinski definition) is 2. The van der Waals surface area contributed by atoms with Crippen molar-refractivity contribution >= 4 is 0 Å². The highest BCUT2D eigenvalue weighted by molar-refractivity contribution is 5.63. The Morgan fingerprint density at radius 1 is 1.29 bits per heavy atom. The first kappa shape index (κ1) is 11.3. The van der Waals surface area contributed by atoms with E-state index in [4.69, 9.17) is 15.6 Å². The van der Waals surface area contributed by atoms with Crippen molar-refractivity contribution in [3.8, 4) is 29.4 Å². The third-order valence-electron chi connectivity index (χ3n) is 2.41. The summed E-state index contributed by atoms with van der Waals surface area (Å²) in [6.45, 7) is 4.47. The van der Waals surface area contributed by atoms with Gasteiger partial charge in [0, 0.05) is 11.1 Å². The first-order valence-corrected chi connectivity index (χ1v) is 5.54. The van der Waals surface area contributed by atoms with Gasteiger partial charge in [-0.05, 0) is 44.2 Å². The molecule has 0 N–H and O–H groups in total. The monoisotopic (exact) mass is 226 g/mol. The molecule has 2 rings (SSSR count). The van der Waals surface area contributed by atoms with Crippen molar-refractivity contribution in [2.24, 2.45) is 0 Å². The molecule has 86 valence electrons. The van der Waals surface area contributed by atoms with Gasteiger partial charge in [0.15, 0.2) is 0 Å². The fourth-order valence-corrected chi connectivity index (χ4v) is 1.66. The maximum atomic E-state index is 5.58. The second-order valence-corrected chi connectivity index (χ2v) is 3.73. The van der Waals surface area contributed by atoms with Crippen LogP contribution in [-0.4, -0.2) is 6.61 Å². The van der Waals surface area contributed by atoms with E-state index in [1.165, 1.54) is 0 Å². The molecule has 0 fully saturated rings. The topological polar surface area (TPSA) is 22.4 Å². The highest BCUT2D eigenvalue weighted by Gasteiger charge is 2.06. The van der Waals surface area contributed by atoms with Crippen LogP contribution < -0.4 is 4.74 Å². The molecule has 0 amide bonds. The molecule has 2 nitrogen and oxygen atoms in total. The molecular weight excluding hydrogens is 212 g/mol. The zero-order chi connectivity index (χ0) is 12.3. The summed E-state index contributed by atoms with van der Waals surface area (Å²) in [4.78, 5) is 0. The van der Waals surface area contributed by atoms with Crippen molar-refractivity contribution < 1.29 is 9.15 Å². The predicted octanol–water partition coefficient (Wildman–Crippen LogP) is 3.64. The Morgan fingerprint density at radius 2 is 2.12 bits per heavy atom. The summed E-state index contributed by atoms with van der Waals surface area (Å²) in [7, 11) is 0. The van der Waals surface area contributed by atoms with Crippen molar-refractivity contribution in [3.63, 3.8) is 0 Å². The third kappa shape index (κ3) is 2.51. The van der Waals surface area contributed by atoms with Gasteiger partial charge in [-0.15, -0.1) is 6.42 Å². The second-order valence-electron chi connectivity index (χ2n) is 3.73. The zero-order valence-corrected chi connectivity index (χ0v) is 9.99. The molecule has 0 unspecified atom stereocenters. The molecule has 0 radical (unpaired) electrons. The van der Waals surface area contributed by atoms with E-state index >= 15 is 0 Å². The lowest BCUT2D eigenvalue weighted by molar-refractivity contribution is 0.340. The van der Waals surface area contributed by atoms with Gasteiger partial charge < -0.3 is 9.15 Å². The Morgan fingerprint density at radius 3 is 2.71 bits per heavy atom. The van der Waals surface area contributed by atoms with E-state index in [0.717, 1.165) is 28.4 Å². The molecule has 1 aromatic carbocycles. The van der Waals surface area contributed by atoms with Crippen molar-refractivity contribution in [2.45, 2.75) is 13.8 Å². The summed E-state index contributed by atoms with van der Waals surface area (Å²) in [5, 5.41) is 0. The van der Waals surface area contributed by atoms with Gasteiger partial charge in [0.05, 0.1) is 6.61 Å². The summed E-state index contributed by atoms with van der Waals surface area (Å²) in [6.07, 6.45) is 5.43. The molecular formula is C15H14O2. The van der Waals surface area contributed by atoms with Gasteiger partial charge in [-0.25, -0.2) is 0 Å². The normalized spacial score (nSPS) is 9.94. The number of furan rings is 1. The van der Waals surface area contributed by atoms with E-state index in [1.807, 2.05) is 44.2 Å². The van der Waals surface area contributed by atoms with Crippen LogP contribution in [0.5, 0.6) is 5.75 Å². The van der Waals surface area contributed by atoms with Crippen LogP contribution in [0.1, 0.15) is 18.2 Å².